The molecule has 0 bridgehead atoms. The van der Waals surface area contributed by atoms with E-state index in [1.165, 1.54) is 11.6 Å². The van der Waals surface area contributed by atoms with Crippen molar-refractivity contribution in [2.24, 2.45) is 0 Å². The molecule has 0 saturated heterocycles. The van der Waals surface area contributed by atoms with Crippen LogP contribution in [0, 0.1) is 6.92 Å². The van der Waals surface area contributed by atoms with Crippen molar-refractivity contribution in [3.63, 3.8) is 0 Å². The monoisotopic (exact) mass is 402 g/mol. The van der Waals surface area contributed by atoms with Gasteiger partial charge in [0, 0.05) is 22.8 Å². The molecule has 154 valence electrons. The summed E-state index contributed by atoms with van der Waals surface area (Å²) in [7, 11) is 0. The van der Waals surface area contributed by atoms with Gasteiger partial charge in [-0.05, 0) is 49.1 Å². The van der Waals surface area contributed by atoms with Crippen LogP contribution in [-0.2, 0) is 4.79 Å². The van der Waals surface area contributed by atoms with Crippen LogP contribution < -0.4 is 10.9 Å². The summed E-state index contributed by atoms with van der Waals surface area (Å²) in [6, 6.07) is 16.7. The SMILES string of the molecule is CC[C@H](C(=O)Nc1ccc(C(C)C)cc1)n1c2ccccc2c2nc(=O)cc(C)n21. The van der Waals surface area contributed by atoms with Crippen LogP contribution in [0.25, 0.3) is 16.6 Å². The van der Waals surface area contributed by atoms with Gasteiger partial charge in [0.25, 0.3) is 5.56 Å². The van der Waals surface area contributed by atoms with Gasteiger partial charge in [0.15, 0.2) is 5.65 Å². The highest BCUT2D eigenvalue weighted by Crippen LogP contribution is 2.27. The molecule has 6 heteroatoms. The minimum atomic E-state index is -0.458. The third-order valence-corrected chi connectivity index (χ3v) is 5.52. The molecule has 0 aliphatic rings. The first-order valence-electron chi connectivity index (χ1n) is 10.3. The summed E-state index contributed by atoms with van der Waals surface area (Å²) >= 11 is 0. The quantitative estimate of drug-likeness (QED) is 0.527. The Morgan fingerprint density at radius 1 is 1.10 bits per heavy atom. The van der Waals surface area contributed by atoms with Gasteiger partial charge >= 0.3 is 0 Å². The number of hydrogen-bond acceptors (Lipinski definition) is 3. The fourth-order valence-corrected chi connectivity index (χ4v) is 3.96. The molecule has 2 heterocycles. The predicted octanol–water partition coefficient (Wildman–Crippen LogP) is 4.67. The van der Waals surface area contributed by atoms with E-state index in [1.807, 2.05) is 71.6 Å². The van der Waals surface area contributed by atoms with E-state index in [1.54, 1.807) is 0 Å². The molecule has 4 aromatic rings. The lowest BCUT2D eigenvalue weighted by molar-refractivity contribution is -0.119. The Bertz CT molecular complexity index is 1280. The molecule has 6 nitrogen and oxygen atoms in total. The van der Waals surface area contributed by atoms with Gasteiger partial charge in [-0.25, -0.2) is 4.52 Å². The van der Waals surface area contributed by atoms with Crippen LogP contribution in [-0.4, -0.2) is 20.1 Å². The highest BCUT2D eigenvalue weighted by molar-refractivity contribution is 5.97. The second-order valence-electron chi connectivity index (χ2n) is 7.92. The van der Waals surface area contributed by atoms with Crippen molar-refractivity contribution >= 4 is 28.1 Å². The van der Waals surface area contributed by atoms with Crippen LogP contribution in [0.2, 0.25) is 0 Å². The van der Waals surface area contributed by atoms with Crippen molar-refractivity contribution in [2.45, 2.75) is 46.1 Å². The largest absolute Gasteiger partial charge is 0.324 e. The van der Waals surface area contributed by atoms with Crippen LogP contribution in [0.5, 0.6) is 0 Å². The third-order valence-electron chi connectivity index (χ3n) is 5.52. The number of aryl methyl sites for hydroxylation is 1. The van der Waals surface area contributed by atoms with Crippen molar-refractivity contribution in [2.75, 3.05) is 5.32 Å². The minimum Gasteiger partial charge on any atom is -0.324 e. The number of nitrogens with one attached hydrogen (secondary N) is 1. The van der Waals surface area contributed by atoms with Crippen LogP contribution in [0.3, 0.4) is 0 Å². The number of hydrogen-bond donors (Lipinski definition) is 1. The molecule has 0 spiro atoms. The van der Waals surface area contributed by atoms with Gasteiger partial charge in [-0.2, -0.15) is 4.98 Å². The van der Waals surface area contributed by atoms with Gasteiger partial charge in [0.05, 0.1) is 5.52 Å². The van der Waals surface area contributed by atoms with E-state index < -0.39 is 6.04 Å². The van der Waals surface area contributed by atoms with Crippen LogP contribution in [0.1, 0.15) is 50.4 Å². The molecule has 1 amide bonds. The van der Waals surface area contributed by atoms with Crippen molar-refractivity contribution < 1.29 is 4.79 Å². The highest BCUT2D eigenvalue weighted by Gasteiger charge is 2.25. The first-order valence-corrected chi connectivity index (χ1v) is 10.3. The van der Waals surface area contributed by atoms with E-state index >= 15 is 0 Å². The summed E-state index contributed by atoms with van der Waals surface area (Å²) in [4.78, 5) is 29.6. The lowest BCUT2D eigenvalue weighted by Crippen LogP contribution is -2.29. The minimum absolute atomic E-state index is 0.101. The van der Waals surface area contributed by atoms with Gasteiger partial charge in [0.2, 0.25) is 5.91 Å². The molecule has 2 aromatic heterocycles. The van der Waals surface area contributed by atoms with E-state index in [0.717, 1.165) is 22.3 Å². The van der Waals surface area contributed by atoms with Crippen molar-refractivity contribution in [3.05, 3.63) is 76.2 Å². The summed E-state index contributed by atoms with van der Waals surface area (Å²) < 4.78 is 3.83. The molecule has 30 heavy (non-hydrogen) atoms. The zero-order chi connectivity index (χ0) is 21.4. The normalized spacial score (nSPS) is 12.6. The number of benzene rings is 2. The maximum Gasteiger partial charge on any atom is 0.273 e. The summed E-state index contributed by atoms with van der Waals surface area (Å²) in [5.41, 5.74) is 3.91. The smallest absolute Gasteiger partial charge is 0.273 e. The first-order chi connectivity index (χ1) is 14.4. The average molecular weight is 402 g/mol. The number of anilines is 1. The van der Waals surface area contributed by atoms with Crippen LogP contribution in [0.4, 0.5) is 5.69 Å². The number of nitrogens with zero attached hydrogens (tertiary/aromatic N) is 3. The van der Waals surface area contributed by atoms with Gasteiger partial charge in [-0.1, -0.05) is 45.0 Å². The summed E-state index contributed by atoms with van der Waals surface area (Å²) in [6.45, 7) is 8.13. The number of carbonyl (C=O) groups excluding carboxylic acids is 1. The number of carbonyl (C=O) groups is 1. The number of aromatic nitrogens is 3. The summed E-state index contributed by atoms with van der Waals surface area (Å²) in [5.74, 6) is 0.337. The average Bonchev–Trinajstić information content (AvgIpc) is 3.04. The van der Waals surface area contributed by atoms with E-state index in [2.05, 4.69) is 24.1 Å². The first kappa shape index (κ1) is 19.9. The molecule has 4 rings (SSSR count). The topological polar surface area (TPSA) is 68.4 Å². The Morgan fingerprint density at radius 2 is 1.80 bits per heavy atom. The van der Waals surface area contributed by atoms with E-state index in [9.17, 15) is 9.59 Å². The molecular weight excluding hydrogens is 376 g/mol. The van der Waals surface area contributed by atoms with E-state index in [-0.39, 0.29) is 11.5 Å². The summed E-state index contributed by atoms with van der Waals surface area (Å²) in [5, 5.41) is 3.90. The molecule has 0 saturated carbocycles. The van der Waals surface area contributed by atoms with E-state index in [0.29, 0.717) is 18.0 Å². The zero-order valence-corrected chi connectivity index (χ0v) is 17.7. The molecular formula is C24H26N4O2. The Labute approximate surface area is 175 Å². The molecule has 1 atom stereocenters. The molecule has 0 fully saturated rings. The maximum atomic E-state index is 13.3. The van der Waals surface area contributed by atoms with Gasteiger partial charge in [-0.15, -0.1) is 0 Å². The van der Waals surface area contributed by atoms with Crippen LogP contribution in [0.15, 0.2) is 59.4 Å². The lowest BCUT2D eigenvalue weighted by atomic mass is 10.0. The third kappa shape index (κ3) is 3.38. The fraction of sp³-hybridized carbons (Fsp3) is 0.292. The Kier molecular flexibility index (Phi) is 5.16. The highest BCUT2D eigenvalue weighted by atomic mass is 16.2. The number of para-hydroxylation sites is 1. The molecule has 0 aliphatic heterocycles. The van der Waals surface area contributed by atoms with Crippen molar-refractivity contribution in [1.29, 1.82) is 0 Å². The van der Waals surface area contributed by atoms with Gasteiger partial charge in [-0.3, -0.25) is 14.3 Å². The second kappa shape index (κ2) is 7.78. The van der Waals surface area contributed by atoms with Gasteiger partial charge in [0.1, 0.15) is 6.04 Å². The van der Waals surface area contributed by atoms with Gasteiger partial charge < -0.3 is 5.32 Å². The standard InChI is InChI=1S/C24H26N4O2/c1-5-20(24(30)25-18-12-10-17(11-13-18)15(2)3)28-21-9-7-6-8-19(21)23-26-22(29)14-16(4)27(23)28/h6-15,20H,5H2,1-4H3,(H,25,30)/t20-/m1/s1. The Morgan fingerprint density at radius 3 is 2.47 bits per heavy atom. The Balaban J connectivity index is 1.80. The fourth-order valence-electron chi connectivity index (χ4n) is 3.96. The molecule has 0 radical (unpaired) electrons. The lowest BCUT2D eigenvalue weighted by Gasteiger charge is -2.20. The van der Waals surface area contributed by atoms with E-state index in [4.69, 9.17) is 0 Å². The van der Waals surface area contributed by atoms with Crippen molar-refractivity contribution in [3.8, 4) is 0 Å². The number of fused-ring (bicyclic) bond motifs is 3. The number of amides is 1. The summed E-state index contributed by atoms with van der Waals surface area (Å²) in [6.07, 6.45) is 0.593. The zero-order valence-electron chi connectivity index (χ0n) is 17.7. The molecule has 0 aliphatic carbocycles. The van der Waals surface area contributed by atoms with Crippen LogP contribution >= 0.6 is 0 Å². The van der Waals surface area contributed by atoms with Crippen molar-refractivity contribution in [1.82, 2.24) is 14.2 Å². The molecule has 1 N–H and O–H groups in total. The number of rotatable bonds is 5. The Hall–Kier alpha value is -3.41. The maximum absolute atomic E-state index is 13.3. The predicted molar refractivity (Wildman–Crippen MR) is 120 cm³/mol. The molecule has 2 aromatic carbocycles. The second-order valence-corrected chi connectivity index (χ2v) is 7.92. The molecule has 0 unspecified atom stereocenters.